The van der Waals surface area contributed by atoms with Crippen molar-refractivity contribution in [1.29, 1.82) is 0 Å². The van der Waals surface area contributed by atoms with Crippen LogP contribution in [0.3, 0.4) is 0 Å². The number of thiophene rings is 1. The van der Waals surface area contributed by atoms with Gasteiger partial charge in [-0.2, -0.15) is 0 Å². The largest absolute Gasteiger partial charge is 0.388 e. The topological polar surface area (TPSA) is 20.2 Å². The first-order valence-corrected chi connectivity index (χ1v) is 6.87. The summed E-state index contributed by atoms with van der Waals surface area (Å²) in [5.41, 5.74) is 0.854. The average molecular weight is 318 g/mol. The Kier molecular flexibility index (Phi) is 4.03. The first-order chi connectivity index (χ1) is 7.66. The molecule has 0 saturated heterocycles. The van der Waals surface area contributed by atoms with Gasteiger partial charge in [-0.25, -0.2) is 0 Å². The minimum atomic E-state index is -0.506. The van der Waals surface area contributed by atoms with Crippen LogP contribution in [-0.4, -0.2) is 5.11 Å². The molecule has 1 atom stereocenters. The second kappa shape index (κ2) is 5.32. The molecule has 16 heavy (non-hydrogen) atoms. The second-order valence-corrected chi connectivity index (χ2v) is 5.76. The smallest absolute Gasteiger partial charge is 0.0839 e. The van der Waals surface area contributed by atoms with E-state index in [1.54, 1.807) is 23.5 Å². The van der Waals surface area contributed by atoms with Gasteiger partial charge in [0.25, 0.3) is 0 Å². The molecule has 0 radical (unpaired) electrons. The predicted octanol–water partition coefficient (Wildman–Crippen LogP) is 4.44. The van der Waals surface area contributed by atoms with Crippen LogP contribution >= 0.6 is 38.9 Å². The van der Waals surface area contributed by atoms with Crippen molar-refractivity contribution in [3.8, 4) is 0 Å². The van der Waals surface area contributed by atoms with Gasteiger partial charge in [0.15, 0.2) is 0 Å². The summed E-state index contributed by atoms with van der Waals surface area (Å²) < 4.78 is 1.05. The monoisotopic (exact) mass is 316 g/mol. The van der Waals surface area contributed by atoms with Gasteiger partial charge in [-0.15, -0.1) is 11.3 Å². The predicted molar refractivity (Wildman–Crippen MR) is 72.1 cm³/mol. The summed E-state index contributed by atoms with van der Waals surface area (Å²) in [5.74, 6) is 0. The van der Waals surface area contributed by atoms with Gasteiger partial charge < -0.3 is 5.11 Å². The quantitative estimate of drug-likeness (QED) is 0.887. The molecule has 4 heteroatoms. The Bertz CT molecular complexity index is 483. The van der Waals surface area contributed by atoms with E-state index in [0.717, 1.165) is 14.9 Å². The van der Waals surface area contributed by atoms with Crippen LogP contribution in [0.5, 0.6) is 0 Å². The molecule has 84 valence electrons. The molecule has 1 nitrogen and oxygen atoms in total. The highest BCUT2D eigenvalue weighted by Gasteiger charge is 2.11. The normalized spacial score (nSPS) is 12.7. The average Bonchev–Trinajstić information content (AvgIpc) is 2.64. The Balaban J connectivity index is 2.14. The fourth-order valence-corrected chi connectivity index (χ4v) is 3.23. The Labute approximate surface area is 112 Å². The van der Waals surface area contributed by atoms with E-state index in [2.05, 4.69) is 15.9 Å². The van der Waals surface area contributed by atoms with Crippen molar-refractivity contribution in [2.75, 3.05) is 0 Å². The number of aliphatic hydroxyl groups is 1. The zero-order chi connectivity index (χ0) is 11.5. The molecule has 1 heterocycles. The number of aliphatic hydroxyl groups excluding tert-OH is 1. The third kappa shape index (κ3) is 2.86. The van der Waals surface area contributed by atoms with Gasteiger partial charge in [0.2, 0.25) is 0 Å². The third-order valence-electron chi connectivity index (χ3n) is 2.30. The fourth-order valence-electron chi connectivity index (χ4n) is 1.48. The van der Waals surface area contributed by atoms with Crippen LogP contribution in [-0.2, 0) is 6.42 Å². The van der Waals surface area contributed by atoms with Gasteiger partial charge in [-0.1, -0.05) is 23.7 Å². The lowest BCUT2D eigenvalue weighted by atomic mass is 10.1. The molecule has 2 aromatic rings. The van der Waals surface area contributed by atoms with E-state index in [1.807, 2.05) is 23.6 Å². The molecule has 2 rings (SSSR count). The van der Waals surface area contributed by atoms with Crippen molar-refractivity contribution in [3.05, 3.63) is 55.6 Å². The molecule has 1 aromatic heterocycles. The summed E-state index contributed by atoms with van der Waals surface area (Å²) in [6, 6.07) is 9.33. The summed E-state index contributed by atoms with van der Waals surface area (Å²) in [6.07, 6.45) is 0.104. The maximum Gasteiger partial charge on any atom is 0.0839 e. The van der Waals surface area contributed by atoms with Gasteiger partial charge >= 0.3 is 0 Å². The number of benzene rings is 1. The van der Waals surface area contributed by atoms with Gasteiger partial charge in [0.1, 0.15) is 0 Å². The lowest BCUT2D eigenvalue weighted by molar-refractivity contribution is 0.179. The van der Waals surface area contributed by atoms with Crippen LogP contribution in [0.1, 0.15) is 16.5 Å². The van der Waals surface area contributed by atoms with Crippen molar-refractivity contribution in [3.63, 3.8) is 0 Å². The lowest BCUT2D eigenvalue weighted by Gasteiger charge is -2.10. The van der Waals surface area contributed by atoms with Crippen molar-refractivity contribution in [1.82, 2.24) is 0 Å². The van der Waals surface area contributed by atoms with Gasteiger partial charge in [-0.3, -0.25) is 0 Å². The number of rotatable bonds is 3. The van der Waals surface area contributed by atoms with Crippen LogP contribution in [0.2, 0.25) is 5.02 Å². The molecule has 1 aromatic carbocycles. The minimum absolute atomic E-state index is 0.506. The highest BCUT2D eigenvalue weighted by Crippen LogP contribution is 2.28. The van der Waals surface area contributed by atoms with E-state index in [0.29, 0.717) is 11.4 Å². The molecule has 1 N–H and O–H groups in total. The first kappa shape index (κ1) is 12.1. The van der Waals surface area contributed by atoms with Crippen molar-refractivity contribution >= 4 is 38.9 Å². The maximum atomic E-state index is 10.1. The molecular weight excluding hydrogens is 308 g/mol. The third-order valence-corrected chi connectivity index (χ3v) is 4.49. The van der Waals surface area contributed by atoms with Crippen LogP contribution in [0.25, 0.3) is 0 Å². The maximum absolute atomic E-state index is 10.1. The Morgan fingerprint density at radius 2 is 2.19 bits per heavy atom. The van der Waals surface area contributed by atoms with E-state index in [1.165, 1.54) is 0 Å². The minimum Gasteiger partial charge on any atom is -0.388 e. The molecule has 0 aliphatic carbocycles. The van der Waals surface area contributed by atoms with E-state index >= 15 is 0 Å². The van der Waals surface area contributed by atoms with Crippen molar-refractivity contribution in [2.24, 2.45) is 0 Å². The van der Waals surface area contributed by atoms with Crippen molar-refractivity contribution in [2.45, 2.75) is 12.5 Å². The van der Waals surface area contributed by atoms with E-state index in [-0.39, 0.29) is 0 Å². The van der Waals surface area contributed by atoms with Crippen LogP contribution in [0.15, 0.2) is 40.2 Å². The fraction of sp³-hybridized carbons (Fsp3) is 0.167. The molecule has 0 spiro atoms. The first-order valence-electron chi connectivity index (χ1n) is 4.82. The molecule has 0 bridgehead atoms. The molecule has 0 aliphatic heterocycles. The molecule has 0 fully saturated rings. The highest BCUT2D eigenvalue weighted by atomic mass is 79.9. The molecule has 0 aliphatic rings. The standard InChI is InChI=1S/C12H10BrClOS/c13-10-4-5-16-12(10)7-11(15)8-2-1-3-9(14)6-8/h1-6,11,15H,7H2. The lowest BCUT2D eigenvalue weighted by Crippen LogP contribution is -2.00. The molecule has 0 saturated carbocycles. The number of hydrogen-bond acceptors (Lipinski definition) is 2. The zero-order valence-electron chi connectivity index (χ0n) is 8.36. The Morgan fingerprint density at radius 1 is 1.38 bits per heavy atom. The van der Waals surface area contributed by atoms with E-state index in [4.69, 9.17) is 11.6 Å². The SMILES string of the molecule is OC(Cc1sccc1Br)c1cccc(Cl)c1. The van der Waals surface area contributed by atoms with Gasteiger partial charge in [0.05, 0.1) is 6.10 Å². The highest BCUT2D eigenvalue weighted by molar-refractivity contribution is 9.10. The Hall–Kier alpha value is -0.350. The van der Waals surface area contributed by atoms with E-state index in [9.17, 15) is 5.11 Å². The van der Waals surface area contributed by atoms with Crippen LogP contribution < -0.4 is 0 Å². The number of hydrogen-bond donors (Lipinski definition) is 1. The number of halogens is 2. The van der Waals surface area contributed by atoms with Crippen molar-refractivity contribution < 1.29 is 5.11 Å². The molecular formula is C12H10BrClOS. The second-order valence-electron chi connectivity index (χ2n) is 3.47. The molecule has 0 amide bonds. The summed E-state index contributed by atoms with van der Waals surface area (Å²) in [6.45, 7) is 0. The van der Waals surface area contributed by atoms with Crippen LogP contribution in [0.4, 0.5) is 0 Å². The summed E-state index contributed by atoms with van der Waals surface area (Å²) in [4.78, 5) is 1.15. The summed E-state index contributed by atoms with van der Waals surface area (Å²) in [5, 5.41) is 12.7. The van der Waals surface area contributed by atoms with Gasteiger partial charge in [-0.05, 0) is 45.1 Å². The summed E-state index contributed by atoms with van der Waals surface area (Å²) in [7, 11) is 0. The zero-order valence-corrected chi connectivity index (χ0v) is 11.5. The van der Waals surface area contributed by atoms with Crippen LogP contribution in [0, 0.1) is 0 Å². The summed E-state index contributed by atoms with van der Waals surface area (Å²) >= 11 is 11.0. The van der Waals surface area contributed by atoms with Gasteiger partial charge in [0, 0.05) is 20.8 Å². The Morgan fingerprint density at radius 3 is 2.81 bits per heavy atom. The van der Waals surface area contributed by atoms with E-state index < -0.39 is 6.10 Å². The molecule has 1 unspecified atom stereocenters.